The van der Waals surface area contributed by atoms with Crippen molar-refractivity contribution >= 4 is 11.6 Å². The number of halogens is 1. The van der Waals surface area contributed by atoms with Crippen LogP contribution in [0.4, 0.5) is 0 Å². The van der Waals surface area contributed by atoms with E-state index in [1.165, 1.54) is 6.07 Å². The van der Waals surface area contributed by atoms with Crippen molar-refractivity contribution in [2.75, 3.05) is 12.9 Å². The van der Waals surface area contributed by atoms with E-state index in [9.17, 15) is 5.11 Å². The Kier molecular flexibility index (Phi) is 3.86. The molecule has 0 heterocycles. The highest BCUT2D eigenvalue weighted by atomic mass is 35.5. The van der Waals surface area contributed by atoms with Crippen LogP contribution in [0.3, 0.4) is 0 Å². The zero-order valence-electron chi connectivity index (χ0n) is 7.29. The highest BCUT2D eigenvalue weighted by Crippen LogP contribution is 2.20. The van der Waals surface area contributed by atoms with Crippen LogP contribution in [-0.4, -0.2) is 18.0 Å². The Morgan fingerprint density at radius 3 is 2.77 bits per heavy atom. The van der Waals surface area contributed by atoms with Crippen LogP contribution in [-0.2, 0) is 4.74 Å². The molecule has 0 saturated heterocycles. The van der Waals surface area contributed by atoms with Crippen molar-refractivity contribution in [2.24, 2.45) is 0 Å². The van der Waals surface area contributed by atoms with Gasteiger partial charge in [-0.25, -0.2) is 0 Å². The van der Waals surface area contributed by atoms with Gasteiger partial charge in [-0.05, 0) is 24.6 Å². The molecule has 4 heteroatoms. The van der Waals surface area contributed by atoms with Gasteiger partial charge in [0.2, 0.25) is 0 Å². The maximum Gasteiger partial charge on any atom is 0.190 e. The minimum absolute atomic E-state index is 0.0897. The van der Waals surface area contributed by atoms with E-state index in [4.69, 9.17) is 21.1 Å². The summed E-state index contributed by atoms with van der Waals surface area (Å²) in [5.74, 6) is 0.753. The summed E-state index contributed by atoms with van der Waals surface area (Å²) >= 11 is 5.28. The molecule has 1 aromatic rings. The number of rotatable bonds is 4. The Labute approximate surface area is 81.9 Å². The van der Waals surface area contributed by atoms with Crippen LogP contribution in [0.15, 0.2) is 18.2 Å². The highest BCUT2D eigenvalue weighted by Gasteiger charge is 1.97. The molecular weight excluding hydrogens is 192 g/mol. The fraction of sp³-hybridized carbons (Fsp3) is 0.333. The maximum atomic E-state index is 9.20. The molecular formula is C9H11ClO3. The van der Waals surface area contributed by atoms with Gasteiger partial charge in [0.15, 0.2) is 6.79 Å². The van der Waals surface area contributed by atoms with E-state index >= 15 is 0 Å². The van der Waals surface area contributed by atoms with E-state index in [1.54, 1.807) is 12.1 Å². The van der Waals surface area contributed by atoms with E-state index in [1.807, 2.05) is 6.92 Å². The number of aryl methyl sites for hydroxylation is 1. The van der Waals surface area contributed by atoms with Crippen molar-refractivity contribution in [3.05, 3.63) is 23.8 Å². The topological polar surface area (TPSA) is 38.7 Å². The first-order chi connectivity index (χ1) is 6.22. The Hall–Kier alpha value is -0.930. The second-order valence-corrected chi connectivity index (χ2v) is 2.80. The van der Waals surface area contributed by atoms with Gasteiger partial charge in [-0.3, -0.25) is 0 Å². The van der Waals surface area contributed by atoms with Gasteiger partial charge in [-0.1, -0.05) is 11.6 Å². The molecule has 0 unspecified atom stereocenters. The third-order valence-electron chi connectivity index (χ3n) is 1.42. The smallest absolute Gasteiger partial charge is 0.190 e. The molecule has 0 radical (unpaired) electrons. The molecule has 0 fully saturated rings. The van der Waals surface area contributed by atoms with Crippen LogP contribution in [0.25, 0.3) is 0 Å². The van der Waals surface area contributed by atoms with Crippen LogP contribution in [0, 0.1) is 6.92 Å². The van der Waals surface area contributed by atoms with E-state index in [0.29, 0.717) is 5.75 Å². The third kappa shape index (κ3) is 3.53. The summed E-state index contributed by atoms with van der Waals surface area (Å²) < 4.78 is 9.92. The highest BCUT2D eigenvalue weighted by molar-refractivity contribution is 6.17. The van der Waals surface area contributed by atoms with Gasteiger partial charge in [0, 0.05) is 6.07 Å². The van der Waals surface area contributed by atoms with Gasteiger partial charge >= 0.3 is 0 Å². The maximum absolute atomic E-state index is 9.20. The molecule has 0 aliphatic carbocycles. The Morgan fingerprint density at radius 2 is 2.15 bits per heavy atom. The van der Waals surface area contributed by atoms with E-state index in [0.717, 1.165) is 5.56 Å². The average Bonchev–Trinajstić information content (AvgIpc) is 2.03. The van der Waals surface area contributed by atoms with E-state index in [2.05, 4.69) is 0 Å². The molecule has 3 nitrogen and oxygen atoms in total. The number of hydrogen-bond acceptors (Lipinski definition) is 3. The molecule has 72 valence electrons. The first kappa shape index (κ1) is 10.2. The molecule has 0 atom stereocenters. The zero-order valence-corrected chi connectivity index (χ0v) is 8.04. The summed E-state index contributed by atoms with van der Waals surface area (Å²) in [6, 6.07) is 5.06. The van der Waals surface area contributed by atoms with Crippen LogP contribution in [0.2, 0.25) is 0 Å². The SMILES string of the molecule is Cc1cc(O)cc(OCOCCl)c1. The Balaban J connectivity index is 2.56. The fourth-order valence-corrected chi connectivity index (χ4v) is 1.02. The van der Waals surface area contributed by atoms with Crippen LogP contribution < -0.4 is 4.74 Å². The molecule has 0 saturated carbocycles. The summed E-state index contributed by atoms with van der Waals surface area (Å²) in [6.45, 7) is 1.96. The van der Waals surface area contributed by atoms with Crippen LogP contribution in [0.1, 0.15) is 5.56 Å². The Morgan fingerprint density at radius 1 is 1.38 bits per heavy atom. The van der Waals surface area contributed by atoms with Gasteiger partial charge in [0.05, 0.1) is 0 Å². The predicted molar refractivity (Wildman–Crippen MR) is 50.1 cm³/mol. The van der Waals surface area contributed by atoms with Crippen molar-refractivity contribution in [1.29, 1.82) is 0 Å². The van der Waals surface area contributed by atoms with Gasteiger partial charge in [-0.2, -0.15) is 0 Å². The van der Waals surface area contributed by atoms with Crippen molar-refractivity contribution in [2.45, 2.75) is 6.92 Å². The molecule has 0 aliphatic heterocycles. The molecule has 1 aromatic carbocycles. The quantitative estimate of drug-likeness (QED) is 0.463. The number of aromatic hydroxyl groups is 1. The molecule has 1 N–H and O–H groups in total. The molecule has 0 aromatic heterocycles. The Bertz CT molecular complexity index is 255. The summed E-state index contributed by atoms with van der Waals surface area (Å²) in [4.78, 5) is 0. The van der Waals surface area contributed by atoms with Gasteiger partial charge < -0.3 is 14.6 Å². The van der Waals surface area contributed by atoms with E-state index in [-0.39, 0.29) is 18.6 Å². The number of phenolic OH excluding ortho intramolecular Hbond substituents is 1. The van der Waals surface area contributed by atoms with Crippen LogP contribution in [0.5, 0.6) is 11.5 Å². The normalized spacial score (nSPS) is 10.0. The van der Waals surface area contributed by atoms with Gasteiger partial charge in [0.25, 0.3) is 0 Å². The molecule has 0 spiro atoms. The van der Waals surface area contributed by atoms with Crippen molar-refractivity contribution < 1.29 is 14.6 Å². The summed E-state index contributed by atoms with van der Waals surface area (Å²) in [7, 11) is 0. The lowest BCUT2D eigenvalue weighted by Crippen LogP contribution is -2.01. The molecule has 0 amide bonds. The average molecular weight is 203 g/mol. The number of ether oxygens (including phenoxy) is 2. The number of alkyl halides is 1. The first-order valence-corrected chi connectivity index (χ1v) is 4.33. The lowest BCUT2D eigenvalue weighted by molar-refractivity contribution is 0.0399. The van der Waals surface area contributed by atoms with Crippen molar-refractivity contribution in [3.63, 3.8) is 0 Å². The van der Waals surface area contributed by atoms with Crippen LogP contribution >= 0.6 is 11.6 Å². The summed E-state index contributed by atoms with van der Waals surface area (Å²) in [5.41, 5.74) is 0.931. The molecule has 1 rings (SSSR count). The standard InChI is InChI=1S/C9H11ClO3/c1-7-2-8(11)4-9(3-7)13-6-12-5-10/h2-4,11H,5-6H2,1H3. The minimum Gasteiger partial charge on any atom is -0.508 e. The fourth-order valence-electron chi connectivity index (χ4n) is 0.953. The third-order valence-corrected chi connectivity index (χ3v) is 1.58. The zero-order chi connectivity index (χ0) is 9.68. The largest absolute Gasteiger partial charge is 0.508 e. The monoisotopic (exact) mass is 202 g/mol. The second kappa shape index (κ2) is 4.94. The second-order valence-electron chi connectivity index (χ2n) is 2.58. The first-order valence-electron chi connectivity index (χ1n) is 3.79. The number of hydrogen-bond donors (Lipinski definition) is 1. The summed E-state index contributed by atoms with van der Waals surface area (Å²) in [6.07, 6.45) is 0. The molecule has 0 bridgehead atoms. The van der Waals surface area contributed by atoms with E-state index < -0.39 is 0 Å². The molecule has 13 heavy (non-hydrogen) atoms. The predicted octanol–water partition coefficient (Wildman–Crippen LogP) is 2.25. The molecule has 0 aliphatic rings. The summed E-state index contributed by atoms with van der Waals surface area (Å²) in [5, 5.41) is 9.20. The lowest BCUT2D eigenvalue weighted by atomic mass is 10.2. The van der Waals surface area contributed by atoms with Crippen molar-refractivity contribution in [3.8, 4) is 11.5 Å². The lowest BCUT2D eigenvalue weighted by Gasteiger charge is -2.06. The number of benzene rings is 1. The number of phenols is 1. The van der Waals surface area contributed by atoms with Crippen molar-refractivity contribution in [1.82, 2.24) is 0 Å². The van der Waals surface area contributed by atoms with Gasteiger partial charge in [0.1, 0.15) is 17.6 Å². The minimum atomic E-state index is 0.0897. The van der Waals surface area contributed by atoms with Gasteiger partial charge in [-0.15, -0.1) is 0 Å².